The van der Waals surface area contributed by atoms with Crippen molar-refractivity contribution in [3.63, 3.8) is 0 Å². The van der Waals surface area contributed by atoms with Gasteiger partial charge in [0.2, 0.25) is 5.13 Å². The van der Waals surface area contributed by atoms with Crippen molar-refractivity contribution in [3.8, 4) is 0 Å². The molecule has 0 unspecified atom stereocenters. The zero-order chi connectivity index (χ0) is 20.4. The SMILES string of the molecule is CC(C)(CO[Si](c1ccccc1)(c1ccccc1)C(C)(C)C)c1nnc(N)s1. The standard InChI is InChI=1S/C22H29N3OSSi/c1-21(2,3)28(17-12-8-6-9-13-17,18-14-10-7-11-15-18)26-16-22(4,5)19-24-25-20(23)27-19/h6-15H,16H2,1-5H3,(H2,23,25). The van der Waals surface area contributed by atoms with Crippen molar-refractivity contribution in [1.82, 2.24) is 10.2 Å². The molecule has 0 saturated heterocycles. The molecule has 0 bridgehead atoms. The van der Waals surface area contributed by atoms with E-state index in [-0.39, 0.29) is 10.5 Å². The Balaban J connectivity index is 2.08. The minimum Gasteiger partial charge on any atom is -0.406 e. The lowest BCUT2D eigenvalue weighted by molar-refractivity contribution is 0.226. The van der Waals surface area contributed by atoms with Gasteiger partial charge in [-0.1, -0.05) is 107 Å². The molecule has 0 radical (unpaired) electrons. The molecule has 0 saturated carbocycles. The summed E-state index contributed by atoms with van der Waals surface area (Å²) >= 11 is 1.44. The fraction of sp³-hybridized carbons (Fsp3) is 0.364. The normalized spacial score (nSPS) is 12.9. The number of hydrogen-bond donors (Lipinski definition) is 1. The van der Waals surface area contributed by atoms with Crippen molar-refractivity contribution in [2.75, 3.05) is 12.3 Å². The quantitative estimate of drug-likeness (QED) is 0.623. The molecular weight excluding hydrogens is 382 g/mol. The molecule has 1 aromatic heterocycles. The molecule has 3 aromatic rings. The summed E-state index contributed by atoms with van der Waals surface area (Å²) in [7, 11) is -2.56. The maximum Gasteiger partial charge on any atom is 0.261 e. The lowest BCUT2D eigenvalue weighted by Crippen LogP contribution is -2.67. The predicted octanol–water partition coefficient (Wildman–Crippen LogP) is 3.97. The van der Waals surface area contributed by atoms with Crippen LogP contribution in [0.25, 0.3) is 0 Å². The zero-order valence-corrected chi connectivity index (χ0v) is 19.1. The largest absolute Gasteiger partial charge is 0.406 e. The average molecular weight is 412 g/mol. The summed E-state index contributed by atoms with van der Waals surface area (Å²) < 4.78 is 7.03. The Hall–Kier alpha value is -2.02. The molecule has 3 rings (SSSR count). The van der Waals surface area contributed by atoms with Gasteiger partial charge in [0.15, 0.2) is 0 Å². The first kappa shape index (κ1) is 20.7. The second-order valence-electron chi connectivity index (χ2n) is 8.78. The van der Waals surface area contributed by atoms with Crippen LogP contribution >= 0.6 is 11.3 Å². The third-order valence-corrected chi connectivity index (χ3v) is 11.2. The number of anilines is 1. The summed E-state index contributed by atoms with van der Waals surface area (Å²) in [4.78, 5) is 0. The minimum atomic E-state index is -2.56. The van der Waals surface area contributed by atoms with Gasteiger partial charge in [-0.15, -0.1) is 10.2 Å². The smallest absolute Gasteiger partial charge is 0.261 e. The number of aromatic nitrogens is 2. The maximum atomic E-state index is 7.03. The van der Waals surface area contributed by atoms with Crippen molar-refractivity contribution < 1.29 is 4.43 Å². The van der Waals surface area contributed by atoms with Crippen LogP contribution in [0.4, 0.5) is 5.13 Å². The van der Waals surface area contributed by atoms with E-state index in [1.807, 2.05) is 0 Å². The molecule has 0 fully saturated rings. The molecule has 2 N–H and O–H groups in total. The lowest BCUT2D eigenvalue weighted by Gasteiger charge is -2.44. The number of nitrogens with zero attached hydrogens (tertiary/aromatic N) is 2. The molecule has 0 aliphatic carbocycles. The zero-order valence-electron chi connectivity index (χ0n) is 17.3. The van der Waals surface area contributed by atoms with Crippen LogP contribution in [0.1, 0.15) is 39.6 Å². The van der Waals surface area contributed by atoms with Crippen molar-refractivity contribution in [2.45, 2.75) is 45.1 Å². The summed E-state index contributed by atoms with van der Waals surface area (Å²) in [6, 6.07) is 21.4. The van der Waals surface area contributed by atoms with Crippen LogP contribution in [0.2, 0.25) is 5.04 Å². The third-order valence-electron chi connectivity index (χ3n) is 5.09. The Morgan fingerprint density at radius 2 is 1.36 bits per heavy atom. The number of nitrogen functional groups attached to an aromatic ring is 1. The second kappa shape index (κ2) is 7.77. The van der Waals surface area contributed by atoms with E-state index in [9.17, 15) is 0 Å². The number of nitrogens with two attached hydrogens (primary N) is 1. The maximum absolute atomic E-state index is 7.03. The fourth-order valence-corrected chi connectivity index (χ4v) is 9.05. The van der Waals surface area contributed by atoms with E-state index < -0.39 is 8.32 Å². The summed E-state index contributed by atoms with van der Waals surface area (Å²) in [6.45, 7) is 11.7. The van der Waals surface area contributed by atoms with E-state index in [1.54, 1.807) is 0 Å². The van der Waals surface area contributed by atoms with Crippen LogP contribution in [-0.4, -0.2) is 25.1 Å². The van der Waals surface area contributed by atoms with Gasteiger partial charge in [-0.2, -0.15) is 0 Å². The van der Waals surface area contributed by atoms with Gasteiger partial charge in [0, 0.05) is 12.0 Å². The first-order chi connectivity index (χ1) is 13.2. The van der Waals surface area contributed by atoms with E-state index in [1.165, 1.54) is 21.7 Å². The van der Waals surface area contributed by atoms with Gasteiger partial charge >= 0.3 is 0 Å². The molecule has 0 atom stereocenters. The Morgan fingerprint density at radius 1 is 0.857 bits per heavy atom. The van der Waals surface area contributed by atoms with Gasteiger partial charge in [0.25, 0.3) is 8.32 Å². The highest BCUT2D eigenvalue weighted by molar-refractivity contribution is 7.15. The third kappa shape index (κ3) is 3.90. The fourth-order valence-electron chi connectivity index (χ4n) is 3.62. The van der Waals surface area contributed by atoms with E-state index in [2.05, 4.69) is 105 Å². The van der Waals surface area contributed by atoms with E-state index >= 15 is 0 Å². The molecule has 28 heavy (non-hydrogen) atoms. The van der Waals surface area contributed by atoms with Crippen LogP contribution in [0.15, 0.2) is 60.7 Å². The highest BCUT2D eigenvalue weighted by Gasteiger charge is 2.51. The van der Waals surface area contributed by atoms with Crippen LogP contribution in [-0.2, 0) is 9.84 Å². The first-order valence-electron chi connectivity index (χ1n) is 9.51. The van der Waals surface area contributed by atoms with Gasteiger partial charge in [-0.3, -0.25) is 0 Å². The molecule has 1 heterocycles. The van der Waals surface area contributed by atoms with Gasteiger partial charge in [-0.05, 0) is 15.4 Å². The van der Waals surface area contributed by atoms with Crippen molar-refractivity contribution in [1.29, 1.82) is 0 Å². The van der Waals surface area contributed by atoms with Gasteiger partial charge in [0.05, 0.1) is 0 Å². The summed E-state index contributed by atoms with van der Waals surface area (Å²) in [6.07, 6.45) is 0. The Bertz CT molecular complexity index is 865. The molecule has 0 aliphatic heterocycles. The Morgan fingerprint density at radius 3 is 1.75 bits per heavy atom. The molecule has 2 aromatic carbocycles. The Kier molecular flexibility index (Phi) is 5.75. The summed E-state index contributed by atoms with van der Waals surface area (Å²) in [5, 5.41) is 12.2. The van der Waals surface area contributed by atoms with E-state index in [0.717, 1.165) is 5.01 Å². The molecular formula is C22H29N3OSSi. The minimum absolute atomic E-state index is 0.0497. The summed E-state index contributed by atoms with van der Waals surface area (Å²) in [5.74, 6) is 0. The molecule has 148 valence electrons. The van der Waals surface area contributed by atoms with E-state index in [0.29, 0.717) is 11.7 Å². The van der Waals surface area contributed by atoms with Crippen molar-refractivity contribution in [3.05, 3.63) is 65.7 Å². The van der Waals surface area contributed by atoms with Gasteiger partial charge in [0.1, 0.15) is 5.01 Å². The highest BCUT2D eigenvalue weighted by Crippen LogP contribution is 2.38. The molecule has 4 nitrogen and oxygen atoms in total. The number of benzene rings is 2. The van der Waals surface area contributed by atoms with Crippen LogP contribution in [0.3, 0.4) is 0 Å². The highest BCUT2D eigenvalue weighted by atomic mass is 32.1. The van der Waals surface area contributed by atoms with Crippen molar-refractivity contribution in [2.24, 2.45) is 0 Å². The average Bonchev–Trinajstić information content (AvgIpc) is 3.10. The summed E-state index contributed by atoms with van der Waals surface area (Å²) in [5.41, 5.74) is 5.55. The van der Waals surface area contributed by atoms with E-state index in [4.69, 9.17) is 10.2 Å². The van der Waals surface area contributed by atoms with Gasteiger partial charge < -0.3 is 10.2 Å². The monoisotopic (exact) mass is 411 g/mol. The first-order valence-corrected chi connectivity index (χ1v) is 12.2. The predicted molar refractivity (Wildman–Crippen MR) is 121 cm³/mol. The van der Waals surface area contributed by atoms with Crippen LogP contribution < -0.4 is 16.1 Å². The topological polar surface area (TPSA) is 61.0 Å². The second-order valence-corrected chi connectivity index (χ2v) is 14.1. The molecule has 6 heteroatoms. The van der Waals surface area contributed by atoms with Crippen LogP contribution in [0.5, 0.6) is 0 Å². The number of hydrogen-bond acceptors (Lipinski definition) is 5. The molecule has 0 spiro atoms. The molecule has 0 amide bonds. The molecule has 0 aliphatic rings. The van der Waals surface area contributed by atoms with Crippen LogP contribution in [0, 0.1) is 0 Å². The number of rotatable bonds is 6. The van der Waals surface area contributed by atoms with Gasteiger partial charge in [-0.25, -0.2) is 0 Å². The Labute approximate surface area is 172 Å². The van der Waals surface area contributed by atoms with Crippen molar-refractivity contribution >= 4 is 35.2 Å². The lowest BCUT2D eigenvalue weighted by atomic mass is 9.96.